The van der Waals surface area contributed by atoms with Crippen molar-refractivity contribution in [1.29, 1.82) is 0 Å². The molecule has 1 saturated heterocycles. The molecule has 0 unspecified atom stereocenters. The van der Waals surface area contributed by atoms with E-state index in [0.29, 0.717) is 19.2 Å². The number of alkyl halides is 3. The maximum Gasteiger partial charge on any atom is 0.417 e. The molecule has 0 aromatic carbocycles. The van der Waals surface area contributed by atoms with Crippen molar-refractivity contribution in [3.63, 3.8) is 0 Å². The van der Waals surface area contributed by atoms with Crippen LogP contribution in [0.1, 0.15) is 12.0 Å². The van der Waals surface area contributed by atoms with E-state index in [-0.39, 0.29) is 22.8 Å². The molecule has 0 aliphatic carbocycles. The number of hydrogen-bond donors (Lipinski definition) is 2. The number of carbonyl (C=O) groups is 1. The maximum atomic E-state index is 12.6. The van der Waals surface area contributed by atoms with Crippen LogP contribution in [-0.4, -0.2) is 36.6 Å². The molecule has 1 aliphatic heterocycles. The Balaban J connectivity index is 2.34. The highest BCUT2D eigenvalue weighted by molar-refractivity contribution is 6.33. The molecule has 2 heterocycles. The molecule has 1 aliphatic rings. The second-order valence-corrected chi connectivity index (χ2v) is 5.21. The molecule has 116 valence electrons. The number of pyridine rings is 1. The Morgan fingerprint density at radius 3 is 2.76 bits per heavy atom. The number of nitrogens with two attached hydrogens (primary N) is 1. The first kappa shape index (κ1) is 15.8. The highest BCUT2D eigenvalue weighted by Crippen LogP contribution is 2.35. The first-order valence-electron chi connectivity index (χ1n) is 6.20. The smallest absolute Gasteiger partial charge is 0.357 e. The Morgan fingerprint density at radius 1 is 1.57 bits per heavy atom. The van der Waals surface area contributed by atoms with Gasteiger partial charge in [0.2, 0.25) is 5.91 Å². The standard InChI is InChI=1S/C12H14ClF3N4O/c1-18-11(21)9-3-7(17)5-20(9)10-8(13)2-6(4-19-10)12(14,15)16/h2,4,7,9H,3,5,17H2,1H3,(H,18,21)/t7-,9+/m1/s1. The van der Waals surface area contributed by atoms with Gasteiger partial charge < -0.3 is 16.0 Å². The second-order valence-electron chi connectivity index (χ2n) is 4.81. The van der Waals surface area contributed by atoms with Gasteiger partial charge in [-0.15, -0.1) is 0 Å². The topological polar surface area (TPSA) is 71.2 Å². The van der Waals surface area contributed by atoms with Crippen molar-refractivity contribution in [2.45, 2.75) is 24.7 Å². The van der Waals surface area contributed by atoms with Crippen LogP contribution in [0.5, 0.6) is 0 Å². The summed E-state index contributed by atoms with van der Waals surface area (Å²) in [6, 6.07) is -0.0616. The summed E-state index contributed by atoms with van der Waals surface area (Å²) in [5.41, 5.74) is 4.89. The lowest BCUT2D eigenvalue weighted by molar-refractivity contribution is -0.137. The van der Waals surface area contributed by atoms with E-state index in [1.54, 1.807) is 0 Å². The molecule has 9 heteroatoms. The maximum absolute atomic E-state index is 12.6. The molecule has 3 N–H and O–H groups in total. The third-order valence-corrected chi connectivity index (χ3v) is 3.58. The van der Waals surface area contributed by atoms with Crippen LogP contribution in [0.15, 0.2) is 12.3 Å². The highest BCUT2D eigenvalue weighted by Gasteiger charge is 2.38. The molecule has 0 bridgehead atoms. The van der Waals surface area contributed by atoms with Crippen LogP contribution in [0.25, 0.3) is 0 Å². The molecule has 21 heavy (non-hydrogen) atoms. The largest absolute Gasteiger partial charge is 0.417 e. The number of rotatable bonds is 2. The average Bonchev–Trinajstić information content (AvgIpc) is 2.78. The molecule has 0 saturated carbocycles. The van der Waals surface area contributed by atoms with Gasteiger partial charge in [0.05, 0.1) is 10.6 Å². The molecule has 1 fully saturated rings. The molecule has 1 aromatic rings. The van der Waals surface area contributed by atoms with E-state index in [2.05, 4.69) is 10.3 Å². The van der Waals surface area contributed by atoms with Gasteiger partial charge in [0.15, 0.2) is 0 Å². The van der Waals surface area contributed by atoms with Crippen molar-refractivity contribution in [2.75, 3.05) is 18.5 Å². The summed E-state index contributed by atoms with van der Waals surface area (Å²) < 4.78 is 37.8. The van der Waals surface area contributed by atoms with E-state index >= 15 is 0 Å². The van der Waals surface area contributed by atoms with Crippen molar-refractivity contribution < 1.29 is 18.0 Å². The van der Waals surface area contributed by atoms with Crippen LogP contribution in [0, 0.1) is 0 Å². The molecular formula is C12H14ClF3N4O. The fraction of sp³-hybridized carbons (Fsp3) is 0.500. The summed E-state index contributed by atoms with van der Waals surface area (Å²) in [4.78, 5) is 17.1. The van der Waals surface area contributed by atoms with Gasteiger partial charge in [0.1, 0.15) is 11.9 Å². The van der Waals surface area contributed by atoms with Crippen LogP contribution in [0.2, 0.25) is 5.02 Å². The van der Waals surface area contributed by atoms with Crippen LogP contribution in [-0.2, 0) is 11.0 Å². The van der Waals surface area contributed by atoms with Gasteiger partial charge in [-0.1, -0.05) is 11.6 Å². The number of nitrogens with zero attached hydrogens (tertiary/aromatic N) is 2. The van der Waals surface area contributed by atoms with Crippen LogP contribution < -0.4 is 16.0 Å². The fourth-order valence-corrected chi connectivity index (χ4v) is 2.59. The Bertz CT molecular complexity index is 552. The van der Waals surface area contributed by atoms with Crippen molar-refractivity contribution in [1.82, 2.24) is 10.3 Å². The monoisotopic (exact) mass is 322 g/mol. The summed E-state index contributed by atoms with van der Waals surface area (Å²) in [7, 11) is 1.48. The van der Waals surface area contributed by atoms with Crippen molar-refractivity contribution in [3.8, 4) is 0 Å². The number of amides is 1. The lowest BCUT2D eigenvalue weighted by Crippen LogP contribution is -2.42. The SMILES string of the molecule is CNC(=O)[C@@H]1C[C@@H](N)CN1c1ncc(C(F)(F)F)cc1Cl. The van der Waals surface area contributed by atoms with Crippen molar-refractivity contribution >= 4 is 23.3 Å². The molecular weight excluding hydrogens is 309 g/mol. The second kappa shape index (κ2) is 5.69. The number of aromatic nitrogens is 1. The zero-order chi connectivity index (χ0) is 15.8. The van der Waals surface area contributed by atoms with E-state index in [1.165, 1.54) is 11.9 Å². The van der Waals surface area contributed by atoms with Gasteiger partial charge in [0, 0.05) is 25.8 Å². The molecule has 1 aromatic heterocycles. The average molecular weight is 323 g/mol. The fourth-order valence-electron chi connectivity index (χ4n) is 2.31. The predicted molar refractivity (Wildman–Crippen MR) is 72.0 cm³/mol. The minimum Gasteiger partial charge on any atom is -0.357 e. The number of likely N-dealkylation sites (N-methyl/N-ethyl adjacent to an activating group) is 1. The Kier molecular flexibility index (Phi) is 4.29. The third-order valence-electron chi connectivity index (χ3n) is 3.30. The first-order chi connectivity index (χ1) is 9.74. The van der Waals surface area contributed by atoms with Crippen LogP contribution >= 0.6 is 11.6 Å². The van der Waals surface area contributed by atoms with E-state index in [4.69, 9.17) is 17.3 Å². The Labute approximate surface area is 124 Å². The number of anilines is 1. The minimum absolute atomic E-state index is 0.131. The van der Waals surface area contributed by atoms with Gasteiger partial charge >= 0.3 is 6.18 Å². The Hall–Kier alpha value is -1.54. The summed E-state index contributed by atoms with van der Waals surface area (Å²) in [5, 5.41) is 2.34. The summed E-state index contributed by atoms with van der Waals surface area (Å²) in [6.07, 6.45) is -3.43. The Morgan fingerprint density at radius 2 is 2.24 bits per heavy atom. The van der Waals surface area contributed by atoms with E-state index in [1.807, 2.05) is 0 Å². The minimum atomic E-state index is -4.52. The number of hydrogen-bond acceptors (Lipinski definition) is 4. The molecule has 2 rings (SSSR count). The van der Waals surface area contributed by atoms with Crippen LogP contribution in [0.3, 0.4) is 0 Å². The third kappa shape index (κ3) is 3.21. The first-order valence-corrected chi connectivity index (χ1v) is 6.58. The van der Waals surface area contributed by atoms with Crippen molar-refractivity contribution in [2.24, 2.45) is 5.73 Å². The van der Waals surface area contributed by atoms with Gasteiger partial charge in [-0.25, -0.2) is 4.98 Å². The number of halogens is 4. The molecule has 2 atom stereocenters. The molecule has 0 spiro atoms. The van der Waals surface area contributed by atoms with Gasteiger partial charge in [-0.2, -0.15) is 13.2 Å². The lowest BCUT2D eigenvalue weighted by atomic mass is 10.1. The van der Waals surface area contributed by atoms with E-state index < -0.39 is 17.8 Å². The van der Waals surface area contributed by atoms with E-state index in [9.17, 15) is 18.0 Å². The molecule has 1 amide bonds. The molecule has 5 nitrogen and oxygen atoms in total. The quantitative estimate of drug-likeness (QED) is 0.863. The number of nitrogens with one attached hydrogen (secondary N) is 1. The highest BCUT2D eigenvalue weighted by atomic mass is 35.5. The lowest BCUT2D eigenvalue weighted by Gasteiger charge is -2.25. The van der Waals surface area contributed by atoms with Crippen LogP contribution in [0.4, 0.5) is 19.0 Å². The predicted octanol–water partition coefficient (Wildman–Crippen LogP) is 1.41. The summed E-state index contributed by atoms with van der Waals surface area (Å²) >= 11 is 5.90. The zero-order valence-electron chi connectivity index (χ0n) is 11.1. The van der Waals surface area contributed by atoms with Gasteiger partial charge in [-0.3, -0.25) is 4.79 Å². The normalized spacial score (nSPS) is 22.5. The summed E-state index contributed by atoms with van der Waals surface area (Å²) in [5.74, 6) is -0.146. The zero-order valence-corrected chi connectivity index (χ0v) is 11.9. The van der Waals surface area contributed by atoms with Gasteiger partial charge in [0.25, 0.3) is 0 Å². The molecule has 0 radical (unpaired) electrons. The number of carbonyl (C=O) groups excluding carboxylic acids is 1. The summed E-state index contributed by atoms with van der Waals surface area (Å²) in [6.45, 7) is 0.302. The van der Waals surface area contributed by atoms with Gasteiger partial charge in [-0.05, 0) is 12.5 Å². The van der Waals surface area contributed by atoms with Crippen molar-refractivity contribution in [3.05, 3.63) is 22.8 Å². The van der Waals surface area contributed by atoms with E-state index in [0.717, 1.165) is 6.07 Å².